The summed E-state index contributed by atoms with van der Waals surface area (Å²) in [5.41, 5.74) is 0.576. The number of pyridine rings is 1. The van der Waals surface area contributed by atoms with Crippen molar-refractivity contribution in [3.05, 3.63) is 18.3 Å². The average Bonchev–Trinajstić information content (AvgIpc) is 3.12. The van der Waals surface area contributed by atoms with E-state index < -0.39 is 12.2 Å². The monoisotopic (exact) mass is 428 g/mol. The molecule has 4 rings (SSSR count). The summed E-state index contributed by atoms with van der Waals surface area (Å²) in [6.45, 7) is 6.53. The Balaban J connectivity index is 1.30. The minimum atomic E-state index is -4.76. The molecular weight excluding hydrogens is 401 g/mol. The number of carbonyl (C=O) groups is 1. The minimum Gasteiger partial charge on any atom is -0.450 e. The second-order valence-electron chi connectivity index (χ2n) is 8.35. The molecule has 1 atom stereocenters. The third-order valence-corrected chi connectivity index (χ3v) is 6.39. The highest BCUT2D eigenvalue weighted by molar-refractivity contribution is 5.69. The summed E-state index contributed by atoms with van der Waals surface area (Å²) < 4.78 is 47.2. The number of amides is 1. The Morgan fingerprint density at radius 3 is 2.67 bits per heavy atom. The number of hydrogen-bond acceptors (Lipinski definition) is 6. The maximum absolute atomic E-state index is 12.7. The number of nitrogens with zero attached hydrogens (tertiary/aromatic N) is 4. The van der Waals surface area contributed by atoms with Crippen LogP contribution in [0.1, 0.15) is 26.2 Å². The van der Waals surface area contributed by atoms with E-state index in [4.69, 9.17) is 4.74 Å². The number of hydrogen-bond donors (Lipinski definition) is 0. The van der Waals surface area contributed by atoms with Crippen molar-refractivity contribution in [1.29, 1.82) is 0 Å². The lowest BCUT2D eigenvalue weighted by Crippen LogP contribution is -2.58. The highest BCUT2D eigenvalue weighted by atomic mass is 19.4. The Hall–Kier alpha value is -2.23. The first-order chi connectivity index (χ1) is 14.3. The van der Waals surface area contributed by atoms with Crippen LogP contribution in [0.15, 0.2) is 18.3 Å². The van der Waals surface area contributed by atoms with E-state index in [9.17, 15) is 18.0 Å². The number of alkyl halides is 3. The molecule has 3 heterocycles. The number of likely N-dealkylation sites (tertiary alicyclic amines) is 1. The van der Waals surface area contributed by atoms with Gasteiger partial charge in [-0.1, -0.05) is 0 Å². The van der Waals surface area contributed by atoms with Gasteiger partial charge in [0.15, 0.2) is 0 Å². The van der Waals surface area contributed by atoms with Crippen LogP contribution in [0.25, 0.3) is 0 Å². The molecule has 1 amide bonds. The van der Waals surface area contributed by atoms with Crippen molar-refractivity contribution in [2.75, 3.05) is 50.8 Å². The molecular formula is C20H27F3N4O3. The van der Waals surface area contributed by atoms with Gasteiger partial charge in [0.05, 0.1) is 6.61 Å². The quantitative estimate of drug-likeness (QED) is 0.735. The molecule has 0 radical (unpaired) electrons. The van der Waals surface area contributed by atoms with E-state index in [2.05, 4.69) is 14.6 Å². The van der Waals surface area contributed by atoms with Crippen molar-refractivity contribution >= 4 is 11.8 Å². The molecule has 10 heteroatoms. The molecule has 1 spiro atoms. The summed E-state index contributed by atoms with van der Waals surface area (Å²) in [7, 11) is 0. The van der Waals surface area contributed by atoms with E-state index in [1.807, 2.05) is 11.8 Å². The van der Waals surface area contributed by atoms with Crippen LogP contribution < -0.4 is 9.64 Å². The van der Waals surface area contributed by atoms with E-state index >= 15 is 0 Å². The largest absolute Gasteiger partial charge is 0.574 e. The van der Waals surface area contributed by atoms with Gasteiger partial charge in [-0.3, -0.25) is 4.90 Å². The molecule has 0 bridgehead atoms. The number of rotatable bonds is 4. The predicted octanol–water partition coefficient (Wildman–Crippen LogP) is 3.11. The van der Waals surface area contributed by atoms with Gasteiger partial charge in [-0.15, -0.1) is 13.2 Å². The summed E-state index contributed by atoms with van der Waals surface area (Å²) in [5, 5.41) is 0. The first-order valence-electron chi connectivity index (χ1n) is 10.4. The smallest absolute Gasteiger partial charge is 0.450 e. The summed E-state index contributed by atoms with van der Waals surface area (Å²) in [6.07, 6.45) is -0.446. The number of ether oxygens (including phenoxy) is 2. The van der Waals surface area contributed by atoms with Crippen LogP contribution >= 0.6 is 0 Å². The summed E-state index contributed by atoms with van der Waals surface area (Å²) in [4.78, 5) is 21.7. The van der Waals surface area contributed by atoms with Crippen LogP contribution in [-0.2, 0) is 4.74 Å². The Labute approximate surface area is 173 Å². The number of piperazine rings is 1. The van der Waals surface area contributed by atoms with Crippen LogP contribution in [0, 0.1) is 5.41 Å². The highest BCUT2D eigenvalue weighted by Crippen LogP contribution is 2.47. The van der Waals surface area contributed by atoms with Crippen molar-refractivity contribution in [1.82, 2.24) is 14.8 Å². The fourth-order valence-electron chi connectivity index (χ4n) is 5.02. The fourth-order valence-corrected chi connectivity index (χ4v) is 5.02. The van der Waals surface area contributed by atoms with E-state index in [0.29, 0.717) is 31.4 Å². The van der Waals surface area contributed by atoms with Crippen molar-refractivity contribution < 1.29 is 27.4 Å². The summed E-state index contributed by atoms with van der Waals surface area (Å²) in [6, 6.07) is 3.70. The van der Waals surface area contributed by atoms with Crippen LogP contribution in [0.4, 0.5) is 23.7 Å². The van der Waals surface area contributed by atoms with E-state index in [1.54, 1.807) is 17.0 Å². The van der Waals surface area contributed by atoms with Crippen LogP contribution in [-0.4, -0.2) is 79.2 Å². The van der Waals surface area contributed by atoms with E-state index in [1.165, 1.54) is 6.20 Å². The first-order valence-corrected chi connectivity index (χ1v) is 10.4. The second kappa shape index (κ2) is 8.13. The zero-order valence-electron chi connectivity index (χ0n) is 17.0. The number of aromatic nitrogens is 1. The predicted molar refractivity (Wildman–Crippen MR) is 103 cm³/mol. The number of halogens is 3. The summed E-state index contributed by atoms with van der Waals surface area (Å²) >= 11 is 0. The molecule has 3 aliphatic rings. The molecule has 3 fully saturated rings. The Kier molecular flexibility index (Phi) is 5.69. The Morgan fingerprint density at radius 2 is 2.00 bits per heavy atom. The molecule has 2 aliphatic heterocycles. The maximum atomic E-state index is 12.7. The molecule has 1 aromatic heterocycles. The van der Waals surface area contributed by atoms with Gasteiger partial charge in [-0.2, -0.15) is 0 Å². The van der Waals surface area contributed by atoms with E-state index in [-0.39, 0.29) is 11.5 Å². The molecule has 166 valence electrons. The average molecular weight is 428 g/mol. The van der Waals surface area contributed by atoms with Gasteiger partial charge in [0.2, 0.25) is 5.88 Å². The van der Waals surface area contributed by atoms with Gasteiger partial charge in [0.1, 0.15) is 5.69 Å². The van der Waals surface area contributed by atoms with E-state index in [0.717, 1.165) is 45.4 Å². The zero-order valence-corrected chi connectivity index (χ0v) is 17.0. The second-order valence-corrected chi connectivity index (χ2v) is 8.35. The molecule has 1 unspecified atom stereocenters. The van der Waals surface area contributed by atoms with Gasteiger partial charge in [0.25, 0.3) is 0 Å². The SMILES string of the molecule is CCOC(=O)N1CC2(CCC(N3CCN(c4cccnc4OC(F)(F)F)CC3)C2)C1. The minimum absolute atomic E-state index is 0.200. The first kappa shape index (κ1) is 21.0. The van der Waals surface area contributed by atoms with Crippen molar-refractivity contribution in [2.24, 2.45) is 5.41 Å². The third kappa shape index (κ3) is 4.43. The lowest BCUT2D eigenvalue weighted by Gasteiger charge is -2.48. The Morgan fingerprint density at radius 1 is 1.27 bits per heavy atom. The molecule has 1 aromatic rings. The molecule has 7 nitrogen and oxygen atoms in total. The molecule has 30 heavy (non-hydrogen) atoms. The van der Waals surface area contributed by atoms with Crippen LogP contribution in [0.3, 0.4) is 0 Å². The lowest BCUT2D eigenvalue weighted by molar-refractivity contribution is -0.275. The maximum Gasteiger partial charge on any atom is 0.574 e. The van der Waals surface area contributed by atoms with Crippen molar-refractivity contribution in [3.63, 3.8) is 0 Å². The Bertz CT molecular complexity index is 762. The lowest BCUT2D eigenvalue weighted by atomic mass is 9.78. The third-order valence-electron chi connectivity index (χ3n) is 6.39. The van der Waals surface area contributed by atoms with Gasteiger partial charge in [-0.05, 0) is 38.3 Å². The van der Waals surface area contributed by atoms with Crippen molar-refractivity contribution in [3.8, 4) is 5.88 Å². The molecule has 0 N–H and O–H groups in total. The normalized spacial score (nSPS) is 24.1. The molecule has 1 saturated carbocycles. The van der Waals surface area contributed by atoms with Crippen molar-refractivity contribution in [2.45, 2.75) is 38.6 Å². The molecule has 2 saturated heterocycles. The number of carbonyl (C=O) groups excluding carboxylic acids is 1. The molecule has 0 aromatic carbocycles. The van der Waals surface area contributed by atoms with Crippen LogP contribution in [0.2, 0.25) is 0 Å². The standard InChI is InChI=1S/C20H27F3N4O3/c1-2-29-18(28)27-13-19(14-27)6-5-15(12-19)25-8-10-26(11-9-25)16-4-3-7-24-17(16)30-20(21,22)23/h3-4,7,15H,2,5-6,8-14H2,1H3. The molecule has 1 aliphatic carbocycles. The highest BCUT2D eigenvalue weighted by Gasteiger charge is 2.51. The van der Waals surface area contributed by atoms with Gasteiger partial charge in [-0.25, -0.2) is 9.78 Å². The fraction of sp³-hybridized carbons (Fsp3) is 0.700. The number of anilines is 1. The summed E-state index contributed by atoms with van der Waals surface area (Å²) in [5.74, 6) is -0.396. The topological polar surface area (TPSA) is 58.1 Å². The van der Waals surface area contributed by atoms with Gasteiger partial charge >= 0.3 is 12.5 Å². The zero-order chi connectivity index (χ0) is 21.4. The van der Waals surface area contributed by atoms with Crippen LogP contribution in [0.5, 0.6) is 5.88 Å². The van der Waals surface area contributed by atoms with Gasteiger partial charge in [0, 0.05) is 56.9 Å². The van der Waals surface area contributed by atoms with Gasteiger partial charge < -0.3 is 19.3 Å².